The molecule has 1 aromatic carbocycles. The smallest absolute Gasteiger partial charge is 0.0729 e. The maximum atomic E-state index is 4.61. The van der Waals surface area contributed by atoms with E-state index >= 15 is 0 Å². The molecule has 0 fully saturated rings. The van der Waals surface area contributed by atoms with Crippen molar-refractivity contribution in [3.63, 3.8) is 0 Å². The van der Waals surface area contributed by atoms with Gasteiger partial charge in [-0.25, -0.2) is 0 Å². The molecule has 2 aromatic heterocycles. The number of aromatic nitrogens is 3. The van der Waals surface area contributed by atoms with Crippen LogP contribution in [-0.4, -0.2) is 14.8 Å². The molecular formula is C14H14N4. The molecule has 4 heteroatoms. The lowest BCUT2D eigenvalue weighted by atomic mass is 10.2. The Morgan fingerprint density at radius 1 is 1.17 bits per heavy atom. The Hall–Kier alpha value is -2.36. The van der Waals surface area contributed by atoms with Gasteiger partial charge < -0.3 is 5.32 Å². The number of nitrogens with zero attached hydrogens (tertiary/aromatic N) is 3. The monoisotopic (exact) mass is 238 g/mol. The standard InChI is InChI=1S/C14H14N4/c1-18-10-13(9-16-18)15-8-12-7-6-11-4-2-3-5-14(11)17-12/h2-7,9-10,15H,8H2,1H3. The summed E-state index contributed by atoms with van der Waals surface area (Å²) in [6, 6.07) is 12.3. The van der Waals surface area contributed by atoms with Crippen molar-refractivity contribution in [3.8, 4) is 0 Å². The van der Waals surface area contributed by atoms with Gasteiger partial charge in [0, 0.05) is 18.6 Å². The molecule has 0 saturated carbocycles. The first-order valence-corrected chi connectivity index (χ1v) is 5.88. The highest BCUT2D eigenvalue weighted by atomic mass is 15.3. The molecule has 0 aliphatic heterocycles. The number of hydrogen-bond acceptors (Lipinski definition) is 3. The highest BCUT2D eigenvalue weighted by Gasteiger charge is 1.99. The molecule has 4 nitrogen and oxygen atoms in total. The Kier molecular flexibility index (Phi) is 2.68. The van der Waals surface area contributed by atoms with Gasteiger partial charge in [-0.15, -0.1) is 0 Å². The molecule has 18 heavy (non-hydrogen) atoms. The molecule has 3 rings (SSSR count). The number of fused-ring (bicyclic) bond motifs is 1. The molecule has 90 valence electrons. The topological polar surface area (TPSA) is 42.7 Å². The summed E-state index contributed by atoms with van der Waals surface area (Å²) in [7, 11) is 1.90. The lowest BCUT2D eigenvalue weighted by Crippen LogP contribution is -2.00. The minimum Gasteiger partial charge on any atom is -0.377 e. The Bertz CT molecular complexity index is 672. The van der Waals surface area contributed by atoms with Crippen LogP contribution in [0.5, 0.6) is 0 Å². The SMILES string of the molecule is Cn1cc(NCc2ccc3ccccc3n2)cn1. The van der Waals surface area contributed by atoms with Gasteiger partial charge in [-0.2, -0.15) is 5.10 Å². The summed E-state index contributed by atoms with van der Waals surface area (Å²) in [5.41, 5.74) is 3.06. The minimum absolute atomic E-state index is 0.705. The van der Waals surface area contributed by atoms with Crippen LogP contribution >= 0.6 is 0 Å². The number of benzene rings is 1. The van der Waals surface area contributed by atoms with E-state index in [-0.39, 0.29) is 0 Å². The maximum Gasteiger partial charge on any atom is 0.0729 e. The highest BCUT2D eigenvalue weighted by Crippen LogP contribution is 2.13. The predicted octanol–water partition coefficient (Wildman–Crippen LogP) is 2.58. The van der Waals surface area contributed by atoms with Crippen LogP contribution in [0.3, 0.4) is 0 Å². The normalized spacial score (nSPS) is 10.7. The van der Waals surface area contributed by atoms with Gasteiger partial charge in [0.25, 0.3) is 0 Å². The van der Waals surface area contributed by atoms with E-state index in [1.54, 1.807) is 10.9 Å². The van der Waals surface area contributed by atoms with Gasteiger partial charge in [0.05, 0.1) is 29.6 Å². The number of pyridine rings is 1. The summed E-state index contributed by atoms with van der Waals surface area (Å²) in [5.74, 6) is 0. The number of anilines is 1. The average molecular weight is 238 g/mol. The zero-order valence-corrected chi connectivity index (χ0v) is 10.2. The Balaban J connectivity index is 1.78. The number of rotatable bonds is 3. The fraction of sp³-hybridized carbons (Fsp3) is 0.143. The Morgan fingerprint density at radius 2 is 2.06 bits per heavy atom. The van der Waals surface area contributed by atoms with Crippen LogP contribution in [-0.2, 0) is 13.6 Å². The van der Waals surface area contributed by atoms with Crippen LogP contribution in [0, 0.1) is 0 Å². The van der Waals surface area contributed by atoms with Gasteiger partial charge in [-0.1, -0.05) is 24.3 Å². The van der Waals surface area contributed by atoms with Crippen molar-refractivity contribution in [1.82, 2.24) is 14.8 Å². The van der Waals surface area contributed by atoms with Crippen LogP contribution in [0.2, 0.25) is 0 Å². The molecule has 0 atom stereocenters. The summed E-state index contributed by atoms with van der Waals surface area (Å²) in [6.07, 6.45) is 3.75. The van der Waals surface area contributed by atoms with E-state index in [0.717, 1.165) is 16.9 Å². The van der Waals surface area contributed by atoms with Gasteiger partial charge in [0.15, 0.2) is 0 Å². The lowest BCUT2D eigenvalue weighted by Gasteiger charge is -2.04. The first-order chi connectivity index (χ1) is 8.81. The van der Waals surface area contributed by atoms with Gasteiger partial charge in [0.1, 0.15) is 0 Å². The molecule has 3 aromatic rings. The third kappa shape index (κ3) is 2.18. The first kappa shape index (κ1) is 10.8. The third-order valence-electron chi connectivity index (χ3n) is 2.83. The highest BCUT2D eigenvalue weighted by molar-refractivity contribution is 5.78. The van der Waals surface area contributed by atoms with E-state index in [1.165, 1.54) is 5.39 Å². The zero-order chi connectivity index (χ0) is 12.4. The molecule has 1 N–H and O–H groups in total. The van der Waals surface area contributed by atoms with Crippen molar-refractivity contribution in [1.29, 1.82) is 0 Å². The van der Waals surface area contributed by atoms with E-state index in [2.05, 4.69) is 27.5 Å². The van der Waals surface area contributed by atoms with Crippen molar-refractivity contribution >= 4 is 16.6 Å². The molecule has 0 radical (unpaired) electrons. The fourth-order valence-corrected chi connectivity index (χ4v) is 1.91. The van der Waals surface area contributed by atoms with E-state index in [4.69, 9.17) is 0 Å². The van der Waals surface area contributed by atoms with Crippen LogP contribution in [0.1, 0.15) is 5.69 Å². The van der Waals surface area contributed by atoms with Crippen molar-refractivity contribution in [2.45, 2.75) is 6.54 Å². The second-order valence-corrected chi connectivity index (χ2v) is 4.25. The van der Waals surface area contributed by atoms with Gasteiger partial charge in [0.2, 0.25) is 0 Å². The summed E-state index contributed by atoms with van der Waals surface area (Å²) in [6.45, 7) is 0.705. The second kappa shape index (κ2) is 4.49. The Morgan fingerprint density at radius 3 is 2.89 bits per heavy atom. The molecule has 0 saturated heterocycles. The van der Waals surface area contributed by atoms with Crippen LogP contribution in [0.25, 0.3) is 10.9 Å². The van der Waals surface area contributed by atoms with Crippen molar-refractivity contribution in [2.75, 3.05) is 5.32 Å². The molecule has 0 spiro atoms. The number of hydrogen-bond donors (Lipinski definition) is 1. The fourth-order valence-electron chi connectivity index (χ4n) is 1.91. The molecule has 0 unspecified atom stereocenters. The largest absolute Gasteiger partial charge is 0.377 e. The van der Waals surface area contributed by atoms with Crippen molar-refractivity contribution in [2.24, 2.45) is 7.05 Å². The summed E-state index contributed by atoms with van der Waals surface area (Å²) < 4.78 is 1.77. The summed E-state index contributed by atoms with van der Waals surface area (Å²) >= 11 is 0. The number of nitrogens with one attached hydrogen (secondary N) is 1. The molecule has 0 aliphatic carbocycles. The van der Waals surface area contributed by atoms with E-state index < -0.39 is 0 Å². The van der Waals surface area contributed by atoms with E-state index in [9.17, 15) is 0 Å². The van der Waals surface area contributed by atoms with Gasteiger partial charge in [-0.05, 0) is 12.1 Å². The molecule has 0 amide bonds. The maximum absolute atomic E-state index is 4.61. The second-order valence-electron chi connectivity index (χ2n) is 4.25. The molecule has 0 bridgehead atoms. The van der Waals surface area contributed by atoms with Crippen LogP contribution in [0.4, 0.5) is 5.69 Å². The lowest BCUT2D eigenvalue weighted by molar-refractivity contribution is 0.768. The van der Waals surface area contributed by atoms with Gasteiger partial charge in [-0.3, -0.25) is 9.67 Å². The van der Waals surface area contributed by atoms with E-state index in [1.807, 2.05) is 37.5 Å². The van der Waals surface area contributed by atoms with Gasteiger partial charge >= 0.3 is 0 Å². The predicted molar refractivity (Wildman–Crippen MR) is 72.3 cm³/mol. The molecule has 2 heterocycles. The number of aryl methyl sites for hydroxylation is 1. The molecular weight excluding hydrogens is 224 g/mol. The first-order valence-electron chi connectivity index (χ1n) is 5.88. The zero-order valence-electron chi connectivity index (χ0n) is 10.2. The Labute approximate surface area is 105 Å². The third-order valence-corrected chi connectivity index (χ3v) is 2.83. The molecule has 0 aliphatic rings. The summed E-state index contributed by atoms with van der Waals surface area (Å²) in [4.78, 5) is 4.61. The van der Waals surface area contributed by atoms with Crippen LogP contribution in [0.15, 0.2) is 48.8 Å². The quantitative estimate of drug-likeness (QED) is 0.762. The summed E-state index contributed by atoms with van der Waals surface area (Å²) in [5, 5.41) is 8.58. The van der Waals surface area contributed by atoms with Crippen molar-refractivity contribution in [3.05, 3.63) is 54.5 Å². The number of para-hydroxylation sites is 1. The van der Waals surface area contributed by atoms with Crippen LogP contribution < -0.4 is 5.32 Å². The van der Waals surface area contributed by atoms with Crippen molar-refractivity contribution < 1.29 is 0 Å². The minimum atomic E-state index is 0.705. The average Bonchev–Trinajstić information content (AvgIpc) is 2.82. The van der Waals surface area contributed by atoms with E-state index in [0.29, 0.717) is 6.54 Å².